The lowest BCUT2D eigenvalue weighted by atomic mass is 10.2. The van der Waals surface area contributed by atoms with Crippen LogP contribution in [0.25, 0.3) is 0 Å². The van der Waals surface area contributed by atoms with Gasteiger partial charge in [-0.2, -0.15) is 0 Å². The van der Waals surface area contributed by atoms with Crippen LogP contribution in [-0.4, -0.2) is 45.8 Å². The molecule has 0 aromatic carbocycles. The van der Waals surface area contributed by atoms with Gasteiger partial charge in [-0.15, -0.1) is 0 Å². The van der Waals surface area contributed by atoms with E-state index >= 15 is 0 Å². The lowest BCUT2D eigenvalue weighted by Gasteiger charge is -2.20. The van der Waals surface area contributed by atoms with E-state index in [1.165, 1.54) is 0 Å². The fourth-order valence-corrected chi connectivity index (χ4v) is 1.13. The Balaban J connectivity index is 4.65. The molecule has 2 atom stereocenters. The highest BCUT2D eigenvalue weighted by molar-refractivity contribution is 5.09. The van der Waals surface area contributed by atoms with Gasteiger partial charge >= 0.3 is 0 Å². The Morgan fingerprint density at radius 2 is 1.21 bits per heavy atom. The zero-order valence-electron chi connectivity index (χ0n) is 10.6. The number of ether oxygens (including phenoxy) is 1. The molecule has 2 unspecified atom stereocenters. The first-order valence-corrected chi connectivity index (χ1v) is 5.57. The van der Waals surface area contributed by atoms with Gasteiger partial charge in [0.2, 0.25) is 0 Å². The lowest BCUT2D eigenvalue weighted by Crippen LogP contribution is -2.24. The fourth-order valence-electron chi connectivity index (χ4n) is 1.13. The molecule has 0 heterocycles. The van der Waals surface area contributed by atoms with Crippen LogP contribution in [0.2, 0.25) is 0 Å². The molecular weight excluding hydrogens is 248 g/mol. The van der Waals surface area contributed by atoms with Gasteiger partial charge in [0.1, 0.15) is 36.9 Å². The number of aliphatic hydroxyl groups excluding tert-OH is 4. The molecule has 0 rings (SSSR count). The predicted octanol–water partition coefficient (Wildman–Crippen LogP) is 0.655. The van der Waals surface area contributed by atoms with Gasteiger partial charge in [0.15, 0.2) is 0 Å². The van der Waals surface area contributed by atoms with Gasteiger partial charge in [0.05, 0.1) is 0 Å². The van der Waals surface area contributed by atoms with Crippen LogP contribution in [0.1, 0.15) is 12.8 Å². The number of aliphatic hydroxyl groups is 4. The van der Waals surface area contributed by atoms with Crippen molar-refractivity contribution in [3.05, 3.63) is 24.7 Å². The summed E-state index contributed by atoms with van der Waals surface area (Å²) in [6.45, 7) is 6.13. The lowest BCUT2D eigenvalue weighted by molar-refractivity contribution is -0.00578. The topological polar surface area (TPSA) is 90.2 Å². The zero-order valence-corrected chi connectivity index (χ0v) is 10.6. The number of hydrogen-bond acceptors (Lipinski definition) is 5. The minimum atomic E-state index is -0.816. The standard InChI is InChI=1S/C14H18O5/c1-11(17)13(7-3-5-9-15)19-14(12(2)18)8-4-6-10-16/h13-18H,1-2,7-10H2. The minimum Gasteiger partial charge on any atom is -0.510 e. The van der Waals surface area contributed by atoms with Gasteiger partial charge in [-0.1, -0.05) is 36.8 Å². The highest BCUT2D eigenvalue weighted by Gasteiger charge is 2.20. The molecule has 0 aliphatic heterocycles. The molecule has 19 heavy (non-hydrogen) atoms. The van der Waals surface area contributed by atoms with Gasteiger partial charge in [-0.05, 0) is 0 Å². The summed E-state index contributed by atoms with van der Waals surface area (Å²) in [4.78, 5) is 0. The average Bonchev–Trinajstić information content (AvgIpc) is 2.35. The monoisotopic (exact) mass is 266 g/mol. The summed E-state index contributed by atoms with van der Waals surface area (Å²) in [5.74, 6) is 9.54. The van der Waals surface area contributed by atoms with Crippen LogP contribution in [0.15, 0.2) is 24.7 Å². The normalized spacial score (nSPS) is 12.3. The summed E-state index contributed by atoms with van der Waals surface area (Å²) >= 11 is 0. The Morgan fingerprint density at radius 1 is 0.842 bits per heavy atom. The first-order chi connectivity index (χ1) is 9.02. The van der Waals surface area contributed by atoms with E-state index in [-0.39, 0.29) is 37.6 Å². The molecule has 4 N–H and O–H groups in total. The quantitative estimate of drug-likeness (QED) is 0.419. The van der Waals surface area contributed by atoms with Crippen molar-refractivity contribution >= 4 is 0 Å². The summed E-state index contributed by atoms with van der Waals surface area (Å²) in [6.07, 6.45) is -1.40. The minimum absolute atomic E-state index is 0.118. The summed E-state index contributed by atoms with van der Waals surface area (Å²) in [6, 6.07) is 0. The second-order valence-corrected chi connectivity index (χ2v) is 3.53. The van der Waals surface area contributed by atoms with Crippen LogP contribution >= 0.6 is 0 Å². The predicted molar refractivity (Wildman–Crippen MR) is 71.2 cm³/mol. The Labute approximate surface area is 112 Å². The number of hydrogen-bond donors (Lipinski definition) is 4. The molecule has 0 bridgehead atoms. The van der Waals surface area contributed by atoms with Crippen LogP contribution in [0, 0.1) is 23.7 Å². The van der Waals surface area contributed by atoms with Crippen LogP contribution < -0.4 is 0 Å². The first kappa shape index (κ1) is 17.1. The van der Waals surface area contributed by atoms with Crippen molar-refractivity contribution in [2.24, 2.45) is 0 Å². The summed E-state index contributed by atoms with van der Waals surface area (Å²) in [7, 11) is 0. The maximum Gasteiger partial charge on any atom is 0.126 e. The Morgan fingerprint density at radius 3 is 1.47 bits per heavy atom. The van der Waals surface area contributed by atoms with Crippen molar-refractivity contribution < 1.29 is 25.2 Å². The third kappa shape index (κ3) is 7.91. The maximum absolute atomic E-state index is 9.38. The third-order valence-electron chi connectivity index (χ3n) is 2.05. The van der Waals surface area contributed by atoms with E-state index in [9.17, 15) is 10.2 Å². The van der Waals surface area contributed by atoms with E-state index in [4.69, 9.17) is 14.9 Å². The highest BCUT2D eigenvalue weighted by Crippen LogP contribution is 2.15. The zero-order chi connectivity index (χ0) is 14.7. The van der Waals surface area contributed by atoms with Gasteiger partial charge < -0.3 is 25.2 Å². The van der Waals surface area contributed by atoms with E-state index in [1.807, 2.05) is 0 Å². The van der Waals surface area contributed by atoms with Crippen molar-refractivity contribution in [3.63, 3.8) is 0 Å². The first-order valence-electron chi connectivity index (χ1n) is 5.57. The second kappa shape index (κ2) is 10.0. The molecule has 0 spiro atoms. The Bertz CT molecular complexity index is 379. The maximum atomic E-state index is 9.38. The Hall–Kier alpha value is -1.92. The molecule has 0 saturated heterocycles. The molecule has 5 nitrogen and oxygen atoms in total. The van der Waals surface area contributed by atoms with Crippen LogP contribution in [0.4, 0.5) is 0 Å². The highest BCUT2D eigenvalue weighted by atomic mass is 16.5. The molecule has 0 amide bonds. The van der Waals surface area contributed by atoms with E-state index in [1.54, 1.807) is 0 Å². The summed E-state index contributed by atoms with van der Waals surface area (Å²) in [5, 5.41) is 35.8. The van der Waals surface area contributed by atoms with Gasteiger partial charge in [0.25, 0.3) is 0 Å². The molecule has 0 fully saturated rings. The van der Waals surface area contributed by atoms with Gasteiger partial charge in [-0.25, -0.2) is 0 Å². The van der Waals surface area contributed by atoms with Crippen molar-refractivity contribution in [1.82, 2.24) is 0 Å². The van der Waals surface area contributed by atoms with E-state index in [0.29, 0.717) is 0 Å². The van der Waals surface area contributed by atoms with Crippen molar-refractivity contribution in [3.8, 4) is 23.7 Å². The molecule has 5 heteroatoms. The van der Waals surface area contributed by atoms with E-state index in [0.717, 1.165) is 0 Å². The Kier molecular flexibility index (Phi) is 9.03. The molecular formula is C14H18O5. The second-order valence-electron chi connectivity index (χ2n) is 3.53. The largest absolute Gasteiger partial charge is 0.510 e. The summed E-state index contributed by atoms with van der Waals surface area (Å²) in [5.41, 5.74) is 0. The van der Waals surface area contributed by atoms with E-state index in [2.05, 4.69) is 36.8 Å². The average molecular weight is 266 g/mol. The van der Waals surface area contributed by atoms with Crippen molar-refractivity contribution in [1.29, 1.82) is 0 Å². The fraction of sp³-hybridized carbons (Fsp3) is 0.429. The molecule has 0 saturated carbocycles. The number of rotatable bonds is 6. The van der Waals surface area contributed by atoms with Gasteiger partial charge in [0, 0.05) is 12.8 Å². The van der Waals surface area contributed by atoms with Crippen LogP contribution in [-0.2, 0) is 4.74 Å². The SMILES string of the molecule is C=C(O)C(CC#CCO)OC(CC#CCO)C(=C)O. The third-order valence-corrected chi connectivity index (χ3v) is 2.05. The molecule has 0 aliphatic carbocycles. The molecule has 0 aliphatic rings. The van der Waals surface area contributed by atoms with Crippen molar-refractivity contribution in [2.75, 3.05) is 13.2 Å². The van der Waals surface area contributed by atoms with Gasteiger partial charge in [-0.3, -0.25) is 0 Å². The van der Waals surface area contributed by atoms with E-state index < -0.39 is 12.2 Å². The smallest absolute Gasteiger partial charge is 0.126 e. The molecule has 0 aromatic heterocycles. The molecule has 0 aromatic rings. The van der Waals surface area contributed by atoms with Crippen LogP contribution in [0.3, 0.4) is 0 Å². The van der Waals surface area contributed by atoms with Crippen molar-refractivity contribution in [2.45, 2.75) is 25.0 Å². The molecule has 104 valence electrons. The summed E-state index contributed by atoms with van der Waals surface area (Å²) < 4.78 is 5.40. The van der Waals surface area contributed by atoms with Crippen LogP contribution in [0.5, 0.6) is 0 Å². The molecule has 0 radical (unpaired) electrons.